The molecule has 2 aliphatic rings. The van der Waals surface area contributed by atoms with E-state index in [-0.39, 0.29) is 5.41 Å². The van der Waals surface area contributed by atoms with Crippen molar-refractivity contribution in [1.29, 1.82) is 0 Å². The summed E-state index contributed by atoms with van der Waals surface area (Å²) in [5.74, 6) is 0. The Labute approximate surface area is 278 Å². The molecule has 0 unspecified atom stereocenters. The van der Waals surface area contributed by atoms with Crippen LogP contribution in [0.2, 0.25) is 0 Å². The van der Waals surface area contributed by atoms with Crippen LogP contribution in [-0.4, -0.2) is 0 Å². The normalized spacial score (nSPS) is 12.7. The highest BCUT2D eigenvalue weighted by atomic mass is 15.1. The van der Waals surface area contributed by atoms with Crippen LogP contribution in [0.5, 0.6) is 0 Å². The van der Waals surface area contributed by atoms with Gasteiger partial charge < -0.3 is 4.90 Å². The minimum Gasteiger partial charge on any atom is -0.310 e. The molecule has 0 amide bonds. The highest BCUT2D eigenvalue weighted by molar-refractivity contribution is 5.96. The number of para-hydroxylation sites is 2. The second-order valence-corrected chi connectivity index (χ2v) is 12.5. The first-order valence-electron chi connectivity index (χ1n) is 16.6. The molecule has 0 N–H and O–H groups in total. The summed E-state index contributed by atoms with van der Waals surface area (Å²) >= 11 is 0. The minimum atomic E-state index is -0.349. The first kappa shape index (κ1) is 28.8. The number of fused-ring (bicyclic) bond motifs is 10. The summed E-state index contributed by atoms with van der Waals surface area (Å²) in [6, 6.07) is 64.0. The molecule has 0 aromatic heterocycles. The van der Waals surface area contributed by atoms with E-state index < -0.39 is 0 Å². The van der Waals surface area contributed by atoms with Gasteiger partial charge in [-0.05, 0) is 99.8 Å². The Kier molecular flexibility index (Phi) is 7.31. The van der Waals surface area contributed by atoms with Crippen molar-refractivity contribution in [3.63, 3.8) is 0 Å². The molecule has 0 saturated heterocycles. The predicted octanol–water partition coefficient (Wildman–Crippen LogP) is 12.1. The van der Waals surface area contributed by atoms with Crippen LogP contribution in [0.1, 0.15) is 40.3 Å². The molecular formula is C46H37N. The highest BCUT2D eigenvalue weighted by Crippen LogP contribution is 2.63. The summed E-state index contributed by atoms with van der Waals surface area (Å²) in [7, 11) is 0. The van der Waals surface area contributed by atoms with Crippen LogP contribution in [0.15, 0.2) is 176 Å². The Morgan fingerprint density at radius 1 is 0.404 bits per heavy atom. The van der Waals surface area contributed by atoms with Gasteiger partial charge in [-0.1, -0.05) is 152 Å². The molecule has 7 aromatic rings. The molecule has 0 fully saturated rings. The van der Waals surface area contributed by atoms with Crippen molar-refractivity contribution in [3.05, 3.63) is 209 Å². The Morgan fingerprint density at radius 2 is 0.851 bits per heavy atom. The molecule has 47 heavy (non-hydrogen) atoms. The molecule has 1 spiro atoms. The Bertz CT molecular complexity index is 2100. The summed E-state index contributed by atoms with van der Waals surface area (Å²) in [6.45, 7) is 4.34. The lowest BCUT2D eigenvalue weighted by atomic mass is 9.70. The molecule has 0 atom stereocenters. The molecule has 1 heteroatoms. The zero-order chi connectivity index (χ0) is 31.8. The number of benzene rings is 7. The van der Waals surface area contributed by atoms with Crippen LogP contribution < -0.4 is 4.90 Å². The van der Waals surface area contributed by atoms with Crippen molar-refractivity contribution >= 4 is 17.1 Å². The SMILES string of the molecule is CCc1ccc2c(c1)C1(c3ccccc3-c3ccccc31)c1cc(N(c3ccccc3)c3ccccc3)ccc1-2.Cc1ccccc1. The number of rotatable bonds is 4. The molecule has 2 aliphatic carbocycles. The van der Waals surface area contributed by atoms with Crippen molar-refractivity contribution in [2.75, 3.05) is 4.90 Å². The van der Waals surface area contributed by atoms with Gasteiger partial charge in [-0.2, -0.15) is 0 Å². The van der Waals surface area contributed by atoms with Gasteiger partial charge in [-0.3, -0.25) is 0 Å². The molecule has 0 aliphatic heterocycles. The molecular weight excluding hydrogens is 567 g/mol. The number of aryl methyl sites for hydroxylation is 2. The summed E-state index contributed by atoms with van der Waals surface area (Å²) in [4.78, 5) is 2.38. The van der Waals surface area contributed by atoms with Crippen LogP contribution in [0.4, 0.5) is 17.1 Å². The molecule has 226 valence electrons. The molecule has 1 nitrogen and oxygen atoms in total. The van der Waals surface area contributed by atoms with Crippen molar-refractivity contribution in [3.8, 4) is 22.3 Å². The van der Waals surface area contributed by atoms with E-state index in [1.165, 1.54) is 61.3 Å². The minimum absolute atomic E-state index is 0.349. The molecule has 0 heterocycles. The van der Waals surface area contributed by atoms with E-state index in [9.17, 15) is 0 Å². The highest BCUT2D eigenvalue weighted by Gasteiger charge is 2.51. The van der Waals surface area contributed by atoms with Crippen LogP contribution in [0.25, 0.3) is 22.3 Å². The molecule has 0 radical (unpaired) electrons. The Hall–Kier alpha value is -5.66. The van der Waals surface area contributed by atoms with Gasteiger partial charge in [0.25, 0.3) is 0 Å². The standard InChI is InChI=1S/C39H29N.C7H8/c1-2-27-21-23-33-34-24-22-30(40(28-13-5-3-6-14-28)29-15-7-4-8-16-29)26-38(34)39(37(33)25-27)35-19-11-9-17-31(35)32-18-10-12-20-36(32)39;1-7-5-3-2-4-6-7/h3-26H,2H2,1H3;2-6H,1H3. The zero-order valence-electron chi connectivity index (χ0n) is 26.9. The van der Waals surface area contributed by atoms with E-state index in [0.717, 1.165) is 17.8 Å². The maximum absolute atomic E-state index is 2.47. The van der Waals surface area contributed by atoms with Gasteiger partial charge >= 0.3 is 0 Å². The summed E-state index contributed by atoms with van der Waals surface area (Å²) in [6.07, 6.45) is 1.02. The summed E-state index contributed by atoms with van der Waals surface area (Å²) < 4.78 is 0. The van der Waals surface area contributed by atoms with Crippen molar-refractivity contribution < 1.29 is 0 Å². The maximum Gasteiger partial charge on any atom is 0.0726 e. The third kappa shape index (κ3) is 4.70. The van der Waals surface area contributed by atoms with E-state index in [2.05, 4.69) is 176 Å². The molecule has 0 saturated carbocycles. The lowest BCUT2D eigenvalue weighted by Gasteiger charge is -2.32. The summed E-state index contributed by atoms with van der Waals surface area (Å²) in [5.41, 5.74) is 16.7. The maximum atomic E-state index is 2.47. The topological polar surface area (TPSA) is 3.24 Å². The molecule has 9 rings (SSSR count). The first-order chi connectivity index (χ1) is 23.2. The van der Waals surface area contributed by atoms with E-state index in [0.29, 0.717) is 0 Å². The fourth-order valence-corrected chi connectivity index (χ4v) is 7.67. The van der Waals surface area contributed by atoms with Gasteiger partial charge in [0.2, 0.25) is 0 Å². The Morgan fingerprint density at radius 3 is 1.36 bits per heavy atom. The van der Waals surface area contributed by atoms with E-state index in [1.807, 2.05) is 18.2 Å². The monoisotopic (exact) mass is 603 g/mol. The second kappa shape index (κ2) is 11.9. The average molecular weight is 604 g/mol. The van der Waals surface area contributed by atoms with Gasteiger partial charge in [0.15, 0.2) is 0 Å². The van der Waals surface area contributed by atoms with Crippen LogP contribution in [-0.2, 0) is 11.8 Å². The van der Waals surface area contributed by atoms with Gasteiger partial charge in [-0.15, -0.1) is 0 Å². The zero-order valence-corrected chi connectivity index (χ0v) is 26.9. The van der Waals surface area contributed by atoms with E-state index >= 15 is 0 Å². The van der Waals surface area contributed by atoms with E-state index in [1.54, 1.807) is 0 Å². The quantitative estimate of drug-likeness (QED) is 0.193. The predicted molar refractivity (Wildman–Crippen MR) is 198 cm³/mol. The number of nitrogens with zero attached hydrogens (tertiary/aromatic N) is 1. The van der Waals surface area contributed by atoms with Crippen molar-refractivity contribution in [2.45, 2.75) is 25.7 Å². The number of hydrogen-bond acceptors (Lipinski definition) is 1. The third-order valence-corrected chi connectivity index (χ3v) is 9.77. The van der Waals surface area contributed by atoms with Crippen LogP contribution >= 0.6 is 0 Å². The third-order valence-electron chi connectivity index (χ3n) is 9.77. The fourth-order valence-electron chi connectivity index (χ4n) is 7.67. The fraction of sp³-hybridized carbons (Fsp3) is 0.0870. The first-order valence-corrected chi connectivity index (χ1v) is 16.6. The second-order valence-electron chi connectivity index (χ2n) is 12.5. The van der Waals surface area contributed by atoms with E-state index in [4.69, 9.17) is 0 Å². The molecule has 7 aromatic carbocycles. The Balaban J connectivity index is 0.000000413. The average Bonchev–Trinajstić information content (AvgIpc) is 3.60. The van der Waals surface area contributed by atoms with Gasteiger partial charge in [0.05, 0.1) is 5.41 Å². The largest absolute Gasteiger partial charge is 0.310 e. The van der Waals surface area contributed by atoms with Crippen LogP contribution in [0, 0.1) is 6.92 Å². The lowest BCUT2D eigenvalue weighted by Crippen LogP contribution is -2.26. The smallest absolute Gasteiger partial charge is 0.0726 e. The number of hydrogen-bond donors (Lipinski definition) is 0. The number of anilines is 3. The molecule has 0 bridgehead atoms. The van der Waals surface area contributed by atoms with Gasteiger partial charge in [0, 0.05) is 17.1 Å². The van der Waals surface area contributed by atoms with Gasteiger partial charge in [0.1, 0.15) is 0 Å². The van der Waals surface area contributed by atoms with Gasteiger partial charge in [-0.25, -0.2) is 0 Å². The summed E-state index contributed by atoms with van der Waals surface area (Å²) in [5, 5.41) is 0. The van der Waals surface area contributed by atoms with Crippen molar-refractivity contribution in [1.82, 2.24) is 0 Å². The van der Waals surface area contributed by atoms with Crippen molar-refractivity contribution in [2.24, 2.45) is 0 Å². The van der Waals surface area contributed by atoms with Crippen LogP contribution in [0.3, 0.4) is 0 Å². The lowest BCUT2D eigenvalue weighted by molar-refractivity contribution is 0.791.